The fraction of sp³-hybridized carbons (Fsp3) is 0.185. The lowest BCUT2D eigenvalue weighted by atomic mass is 9.82. The highest BCUT2D eigenvalue weighted by atomic mass is 127. The molecule has 0 bridgehead atoms. The Morgan fingerprint density at radius 3 is 2.49 bits per heavy atom. The lowest BCUT2D eigenvalue weighted by Crippen LogP contribution is -2.19. The Kier molecular flexibility index (Phi) is 7.27. The maximum atomic E-state index is 13.9. The molecule has 39 heavy (non-hydrogen) atoms. The molecule has 0 saturated heterocycles. The van der Waals surface area contributed by atoms with Crippen LogP contribution in [-0.4, -0.2) is 25.0 Å². The molecular formula is C27H20F4IN3O3S. The maximum absolute atomic E-state index is 13.9. The highest BCUT2D eigenvalue weighted by molar-refractivity contribution is 14.1. The zero-order valence-corrected chi connectivity index (χ0v) is 23.2. The first-order chi connectivity index (χ1) is 18.4. The molecule has 4 aromatic rings. The average Bonchev–Trinajstić information content (AvgIpc) is 2.88. The summed E-state index contributed by atoms with van der Waals surface area (Å²) in [4.78, 5) is 8.31. The van der Waals surface area contributed by atoms with E-state index in [2.05, 4.69) is 14.7 Å². The molecule has 12 heteroatoms. The Morgan fingerprint density at radius 1 is 1.00 bits per heavy atom. The molecule has 0 spiro atoms. The second kappa shape index (κ2) is 10.4. The molecule has 1 N–H and O–H groups in total. The van der Waals surface area contributed by atoms with Crippen molar-refractivity contribution in [2.75, 3.05) is 11.3 Å². The predicted molar refractivity (Wildman–Crippen MR) is 146 cm³/mol. The highest BCUT2D eigenvalue weighted by Crippen LogP contribution is 2.44. The summed E-state index contributed by atoms with van der Waals surface area (Å²) in [5.74, 6) is -0.513. The van der Waals surface area contributed by atoms with E-state index in [1.54, 1.807) is 18.2 Å². The number of hydrogen-bond acceptors (Lipinski definition) is 5. The summed E-state index contributed by atoms with van der Waals surface area (Å²) < 4.78 is 89.6. The number of pyridine rings is 2. The smallest absolute Gasteiger partial charge is 0.416 e. The van der Waals surface area contributed by atoms with Crippen molar-refractivity contribution in [3.05, 3.63) is 98.6 Å². The van der Waals surface area contributed by atoms with Crippen molar-refractivity contribution in [1.82, 2.24) is 9.97 Å². The topological polar surface area (TPSA) is 81.2 Å². The third kappa shape index (κ3) is 5.71. The zero-order chi connectivity index (χ0) is 27.9. The number of anilines is 1. The maximum Gasteiger partial charge on any atom is 0.416 e. The number of halogens is 5. The predicted octanol–water partition coefficient (Wildman–Crippen LogP) is 6.93. The van der Waals surface area contributed by atoms with Crippen LogP contribution in [0.25, 0.3) is 11.3 Å². The zero-order valence-electron chi connectivity index (χ0n) is 20.3. The van der Waals surface area contributed by atoms with Gasteiger partial charge in [0.2, 0.25) is 0 Å². The van der Waals surface area contributed by atoms with Crippen LogP contribution in [0.2, 0.25) is 0 Å². The molecule has 0 saturated carbocycles. The lowest BCUT2D eigenvalue weighted by Gasteiger charge is -2.28. The van der Waals surface area contributed by atoms with Crippen LogP contribution in [0.15, 0.2) is 71.6 Å². The standard InChI is InChI=1S/C27H20F4IN3O3S/c1-15-22(28)9-10-23(33-15)21-13-16(27(29,30)31)5-7-18(21)19-11-12-38-24-14-17(6-8-20(19)24)39(36,37)35-26-4-2-3-25(32)34-26/h2-10,13-14,19H,11-12H2,1H3,(H,34,35)/t19-/m1/s1. The number of benzene rings is 2. The van der Waals surface area contributed by atoms with Gasteiger partial charge in [-0.15, -0.1) is 0 Å². The largest absolute Gasteiger partial charge is 0.493 e. The molecule has 0 unspecified atom stereocenters. The molecule has 1 aliphatic heterocycles. The molecule has 0 aliphatic carbocycles. The first-order valence-corrected chi connectivity index (χ1v) is 14.3. The van der Waals surface area contributed by atoms with Crippen molar-refractivity contribution in [1.29, 1.82) is 0 Å². The first-order valence-electron chi connectivity index (χ1n) is 11.7. The quantitative estimate of drug-likeness (QED) is 0.142. The van der Waals surface area contributed by atoms with Gasteiger partial charge in [0.1, 0.15) is 21.1 Å². The number of alkyl halides is 3. The summed E-state index contributed by atoms with van der Waals surface area (Å²) in [6, 6.07) is 15.3. The van der Waals surface area contributed by atoms with E-state index in [1.807, 2.05) is 22.6 Å². The summed E-state index contributed by atoms with van der Waals surface area (Å²) >= 11 is 1.97. The van der Waals surface area contributed by atoms with Crippen molar-refractivity contribution < 1.29 is 30.7 Å². The van der Waals surface area contributed by atoms with Crippen molar-refractivity contribution in [3.8, 4) is 17.0 Å². The Bertz CT molecular complexity index is 1680. The monoisotopic (exact) mass is 669 g/mol. The van der Waals surface area contributed by atoms with E-state index in [1.165, 1.54) is 43.3 Å². The van der Waals surface area contributed by atoms with Crippen molar-refractivity contribution in [2.24, 2.45) is 0 Å². The Morgan fingerprint density at radius 2 is 1.77 bits per heavy atom. The van der Waals surface area contributed by atoms with E-state index in [-0.39, 0.29) is 34.3 Å². The molecule has 1 aliphatic rings. The minimum absolute atomic E-state index is 0.0500. The fourth-order valence-electron chi connectivity index (χ4n) is 4.47. The number of nitrogens with zero attached hydrogens (tertiary/aromatic N) is 2. The molecule has 202 valence electrons. The first kappa shape index (κ1) is 27.3. The second-order valence-corrected chi connectivity index (χ2v) is 11.7. The van der Waals surface area contributed by atoms with E-state index >= 15 is 0 Å². The average molecular weight is 669 g/mol. The minimum Gasteiger partial charge on any atom is -0.493 e. The van der Waals surface area contributed by atoms with Crippen molar-refractivity contribution >= 4 is 38.4 Å². The summed E-state index contributed by atoms with van der Waals surface area (Å²) in [7, 11) is -3.99. The number of hydrogen-bond donors (Lipinski definition) is 1. The summed E-state index contributed by atoms with van der Waals surface area (Å²) in [6.07, 6.45) is -4.15. The fourth-order valence-corrected chi connectivity index (χ4v) is 5.96. The van der Waals surface area contributed by atoms with Crippen LogP contribution in [0.4, 0.5) is 23.4 Å². The van der Waals surface area contributed by atoms with E-state index in [0.717, 1.165) is 12.1 Å². The van der Waals surface area contributed by atoms with Crippen molar-refractivity contribution in [2.45, 2.75) is 30.3 Å². The van der Waals surface area contributed by atoms with Gasteiger partial charge in [-0.05, 0) is 84.0 Å². The molecule has 0 fully saturated rings. The third-order valence-corrected chi connectivity index (χ3v) is 8.30. The minimum atomic E-state index is -4.59. The van der Waals surface area contributed by atoms with Gasteiger partial charge in [-0.25, -0.2) is 17.8 Å². The summed E-state index contributed by atoms with van der Waals surface area (Å²) in [6.45, 7) is 1.65. The molecule has 0 amide bonds. The van der Waals surface area contributed by atoms with E-state index in [9.17, 15) is 26.0 Å². The van der Waals surface area contributed by atoms with Crippen LogP contribution in [0.3, 0.4) is 0 Å². The van der Waals surface area contributed by atoms with Crippen LogP contribution in [-0.2, 0) is 16.2 Å². The number of nitrogens with one attached hydrogen (secondary N) is 1. The number of aromatic nitrogens is 2. The summed E-state index contributed by atoms with van der Waals surface area (Å²) in [5, 5.41) is 0. The third-order valence-electron chi connectivity index (χ3n) is 6.34. The van der Waals surface area contributed by atoms with Gasteiger partial charge in [-0.3, -0.25) is 9.71 Å². The van der Waals surface area contributed by atoms with Crippen LogP contribution in [0.1, 0.15) is 34.7 Å². The van der Waals surface area contributed by atoms with E-state index in [4.69, 9.17) is 4.74 Å². The molecule has 2 aromatic carbocycles. The molecule has 1 atom stereocenters. The van der Waals surface area contributed by atoms with Crippen LogP contribution >= 0.6 is 22.6 Å². The Labute approximate surface area is 235 Å². The second-order valence-electron chi connectivity index (χ2n) is 8.90. The summed E-state index contributed by atoms with van der Waals surface area (Å²) in [5.41, 5.74) is 0.794. The molecule has 5 rings (SSSR count). The lowest BCUT2D eigenvalue weighted by molar-refractivity contribution is -0.137. The van der Waals surface area contributed by atoms with Crippen LogP contribution in [0.5, 0.6) is 5.75 Å². The normalized spacial score (nSPS) is 15.4. The number of rotatable bonds is 5. The van der Waals surface area contributed by atoms with Gasteiger partial charge in [0.15, 0.2) is 0 Å². The number of aryl methyl sites for hydroxylation is 1. The SMILES string of the molecule is Cc1nc(-c2cc(C(F)(F)F)ccc2[C@H]2CCOc3cc(S(=O)(=O)Nc4cccc(I)n4)ccc32)ccc1F. The van der Waals surface area contributed by atoms with Gasteiger partial charge >= 0.3 is 6.18 Å². The molecule has 2 aromatic heterocycles. The van der Waals surface area contributed by atoms with Gasteiger partial charge in [-0.2, -0.15) is 13.2 Å². The molecule has 3 heterocycles. The Balaban J connectivity index is 1.57. The van der Waals surface area contributed by atoms with Gasteiger partial charge in [-0.1, -0.05) is 18.2 Å². The van der Waals surface area contributed by atoms with E-state index < -0.39 is 33.5 Å². The number of sulfonamides is 1. The van der Waals surface area contributed by atoms with Gasteiger partial charge in [0.25, 0.3) is 10.0 Å². The Hall–Kier alpha value is -3.26. The number of fused-ring (bicyclic) bond motifs is 1. The van der Waals surface area contributed by atoms with Gasteiger partial charge < -0.3 is 4.74 Å². The van der Waals surface area contributed by atoms with Gasteiger partial charge in [0.05, 0.1) is 28.5 Å². The van der Waals surface area contributed by atoms with Crippen LogP contribution < -0.4 is 9.46 Å². The molecule has 0 radical (unpaired) electrons. The van der Waals surface area contributed by atoms with Crippen molar-refractivity contribution in [3.63, 3.8) is 0 Å². The molecule has 6 nitrogen and oxygen atoms in total. The van der Waals surface area contributed by atoms with Gasteiger partial charge in [0, 0.05) is 23.1 Å². The highest BCUT2D eigenvalue weighted by Gasteiger charge is 2.33. The number of ether oxygens (including phenoxy) is 1. The van der Waals surface area contributed by atoms with E-state index in [0.29, 0.717) is 27.0 Å². The van der Waals surface area contributed by atoms with Crippen LogP contribution in [0, 0.1) is 16.4 Å². The molecular weight excluding hydrogens is 649 g/mol.